The van der Waals surface area contributed by atoms with E-state index in [1.54, 1.807) is 6.07 Å². The van der Waals surface area contributed by atoms with Crippen LogP contribution in [0.25, 0.3) is 11.1 Å². The number of aromatic amines is 1. The number of benzene rings is 2. The first kappa shape index (κ1) is 20.7. The number of carbonyl (C=O) groups excluding carboxylic acids is 1. The van der Waals surface area contributed by atoms with Gasteiger partial charge in [0, 0.05) is 44.3 Å². The van der Waals surface area contributed by atoms with Crippen molar-refractivity contribution in [1.82, 2.24) is 25.0 Å². The van der Waals surface area contributed by atoms with E-state index in [4.69, 9.17) is 4.78 Å². The van der Waals surface area contributed by atoms with Gasteiger partial charge in [0.25, 0.3) is 0 Å². The number of hydrogen-bond acceptors (Lipinski definition) is 5. The molecule has 0 aliphatic carbocycles. The maximum absolute atomic E-state index is 12.9. The molecular weight excluding hydrogens is 424 g/mol. The highest BCUT2D eigenvalue weighted by molar-refractivity contribution is 7.91. The first-order chi connectivity index (χ1) is 15.4. The molecule has 1 aromatic heterocycles. The molecule has 2 saturated heterocycles. The summed E-state index contributed by atoms with van der Waals surface area (Å²) in [5, 5.41) is 6.82. The largest absolute Gasteiger partial charge is 0.324 e. The van der Waals surface area contributed by atoms with E-state index in [1.807, 2.05) is 40.1 Å². The number of aromatic nitrogens is 3. The van der Waals surface area contributed by atoms with Gasteiger partial charge in [-0.1, -0.05) is 42.5 Å². The van der Waals surface area contributed by atoms with E-state index < -0.39 is 9.73 Å². The van der Waals surface area contributed by atoms with Crippen LogP contribution in [0.3, 0.4) is 0 Å². The molecule has 32 heavy (non-hydrogen) atoms. The van der Waals surface area contributed by atoms with E-state index in [0.717, 1.165) is 29.9 Å². The third-order valence-electron chi connectivity index (χ3n) is 6.43. The van der Waals surface area contributed by atoms with Crippen molar-refractivity contribution in [1.29, 1.82) is 4.78 Å². The Bertz CT molecular complexity index is 1220. The summed E-state index contributed by atoms with van der Waals surface area (Å²) >= 11 is 0. The van der Waals surface area contributed by atoms with Crippen molar-refractivity contribution in [3.05, 3.63) is 66.2 Å². The van der Waals surface area contributed by atoms with Crippen molar-refractivity contribution in [2.75, 3.05) is 32.4 Å². The van der Waals surface area contributed by atoms with Gasteiger partial charge in [-0.2, -0.15) is 5.10 Å². The third kappa shape index (κ3) is 3.88. The molecular formula is C23H26N6O2S. The Labute approximate surface area is 187 Å². The number of likely N-dealkylation sites (tertiary alicyclic amines) is 2. The predicted molar refractivity (Wildman–Crippen MR) is 122 cm³/mol. The van der Waals surface area contributed by atoms with Gasteiger partial charge in [0.15, 0.2) is 0 Å². The Morgan fingerprint density at radius 1 is 1.06 bits per heavy atom. The highest BCUT2D eigenvalue weighted by Crippen LogP contribution is 2.33. The third-order valence-corrected chi connectivity index (χ3v) is 7.63. The van der Waals surface area contributed by atoms with Crippen LogP contribution in [0.1, 0.15) is 29.6 Å². The number of nitrogens with one attached hydrogen (secondary N) is 2. The van der Waals surface area contributed by atoms with Crippen molar-refractivity contribution in [2.45, 2.75) is 23.2 Å². The van der Waals surface area contributed by atoms with Gasteiger partial charge < -0.3 is 9.80 Å². The zero-order chi connectivity index (χ0) is 22.3. The topological polar surface area (TPSA) is 106 Å². The number of rotatable bonds is 4. The summed E-state index contributed by atoms with van der Waals surface area (Å²) < 4.78 is 20.3. The van der Waals surface area contributed by atoms with Crippen LogP contribution in [-0.4, -0.2) is 67.7 Å². The number of H-pyrrole nitrogens is 1. The highest BCUT2D eigenvalue weighted by atomic mass is 32.2. The predicted octanol–water partition coefficient (Wildman–Crippen LogP) is 3.52. The lowest BCUT2D eigenvalue weighted by Crippen LogP contribution is -2.53. The van der Waals surface area contributed by atoms with Crippen LogP contribution in [0.15, 0.2) is 59.8 Å². The first-order valence-electron chi connectivity index (χ1n) is 10.7. The second kappa shape index (κ2) is 8.05. The van der Waals surface area contributed by atoms with Crippen molar-refractivity contribution >= 4 is 15.8 Å². The van der Waals surface area contributed by atoms with Gasteiger partial charge in [0.2, 0.25) is 0 Å². The van der Waals surface area contributed by atoms with Crippen molar-refractivity contribution in [3.63, 3.8) is 0 Å². The average Bonchev–Trinajstić information content (AvgIpc) is 3.44. The lowest BCUT2D eigenvalue weighted by atomic mass is 9.90. The molecule has 2 unspecified atom stereocenters. The van der Waals surface area contributed by atoms with Gasteiger partial charge >= 0.3 is 6.03 Å². The van der Waals surface area contributed by atoms with E-state index in [-0.39, 0.29) is 11.9 Å². The second-order valence-corrected chi connectivity index (χ2v) is 10.8. The van der Waals surface area contributed by atoms with Gasteiger partial charge in [0.05, 0.1) is 14.6 Å². The molecule has 2 amide bonds. The molecule has 9 heteroatoms. The summed E-state index contributed by atoms with van der Waals surface area (Å²) in [5.41, 5.74) is 2.98. The standard InChI is InChI=1S/C23H26N6O2S/c1-32(24,31)21-5-3-2-4-20(21)17-8-6-16(7-9-17)19-13-29(14-19)23(30)28-11-10-18(12-28)22-25-15-26-27-22/h2-9,15,18-19,24H,10-14H2,1H3,(H,25,26,27). The van der Waals surface area contributed by atoms with Crippen LogP contribution < -0.4 is 0 Å². The molecule has 0 bridgehead atoms. The lowest BCUT2D eigenvalue weighted by molar-refractivity contribution is 0.121. The molecule has 0 saturated carbocycles. The molecule has 2 atom stereocenters. The summed E-state index contributed by atoms with van der Waals surface area (Å²) in [4.78, 5) is 21.4. The fourth-order valence-electron chi connectivity index (χ4n) is 4.59. The molecule has 5 rings (SSSR count). The van der Waals surface area contributed by atoms with Crippen molar-refractivity contribution in [2.24, 2.45) is 0 Å². The summed E-state index contributed by atoms with van der Waals surface area (Å²) in [7, 11) is -2.80. The Morgan fingerprint density at radius 3 is 2.47 bits per heavy atom. The summed E-state index contributed by atoms with van der Waals surface area (Å²) in [6, 6.07) is 15.7. The van der Waals surface area contributed by atoms with E-state index in [1.165, 1.54) is 18.1 Å². The minimum Gasteiger partial charge on any atom is -0.324 e. The van der Waals surface area contributed by atoms with Crippen LogP contribution in [0.2, 0.25) is 0 Å². The zero-order valence-electron chi connectivity index (χ0n) is 17.9. The van der Waals surface area contributed by atoms with Gasteiger partial charge in [-0.05, 0) is 29.2 Å². The minimum absolute atomic E-state index is 0.0990. The number of amides is 2. The minimum atomic E-state index is -2.80. The Kier molecular flexibility index (Phi) is 5.21. The Balaban J connectivity index is 1.21. The number of urea groups is 1. The normalized spacial score (nSPS) is 20.7. The van der Waals surface area contributed by atoms with Crippen LogP contribution in [0.5, 0.6) is 0 Å². The van der Waals surface area contributed by atoms with Gasteiger partial charge in [-0.3, -0.25) is 5.10 Å². The fraction of sp³-hybridized carbons (Fsp3) is 0.348. The molecule has 8 nitrogen and oxygen atoms in total. The van der Waals surface area contributed by atoms with E-state index in [0.29, 0.717) is 30.4 Å². The van der Waals surface area contributed by atoms with Gasteiger partial charge in [0.1, 0.15) is 12.2 Å². The second-order valence-electron chi connectivity index (χ2n) is 8.65. The van der Waals surface area contributed by atoms with E-state index in [2.05, 4.69) is 27.3 Å². The van der Waals surface area contributed by atoms with Gasteiger partial charge in [-0.15, -0.1) is 0 Å². The van der Waals surface area contributed by atoms with Crippen LogP contribution >= 0.6 is 0 Å². The van der Waals surface area contributed by atoms with Crippen molar-refractivity contribution in [3.8, 4) is 11.1 Å². The number of hydrogen-bond donors (Lipinski definition) is 2. The Hall–Kier alpha value is -3.20. The average molecular weight is 451 g/mol. The SMILES string of the molecule is CS(=N)(=O)c1ccccc1-c1ccc(C2CN(C(=O)N3CCC(c4ncn[nH]4)C3)C2)cc1. The van der Waals surface area contributed by atoms with Crippen LogP contribution in [0, 0.1) is 4.78 Å². The van der Waals surface area contributed by atoms with Crippen LogP contribution in [-0.2, 0) is 9.73 Å². The molecule has 0 spiro atoms. The quantitative estimate of drug-likeness (QED) is 0.634. The molecule has 2 aliphatic heterocycles. The van der Waals surface area contributed by atoms with Gasteiger partial charge in [-0.25, -0.2) is 18.8 Å². The maximum Gasteiger partial charge on any atom is 0.320 e. The lowest BCUT2D eigenvalue weighted by Gasteiger charge is -2.41. The first-order valence-corrected chi connectivity index (χ1v) is 12.7. The molecule has 0 radical (unpaired) electrons. The molecule has 166 valence electrons. The zero-order valence-corrected chi connectivity index (χ0v) is 18.7. The molecule has 3 heterocycles. The molecule has 2 aromatic carbocycles. The maximum atomic E-state index is 12.9. The number of nitrogens with zero attached hydrogens (tertiary/aromatic N) is 4. The summed E-state index contributed by atoms with van der Waals surface area (Å²) in [5.74, 6) is 1.41. The smallest absolute Gasteiger partial charge is 0.320 e. The molecule has 2 aliphatic rings. The molecule has 2 N–H and O–H groups in total. The monoisotopic (exact) mass is 450 g/mol. The van der Waals surface area contributed by atoms with E-state index >= 15 is 0 Å². The van der Waals surface area contributed by atoms with Crippen LogP contribution in [0.4, 0.5) is 4.79 Å². The van der Waals surface area contributed by atoms with E-state index in [9.17, 15) is 9.00 Å². The summed E-state index contributed by atoms with van der Waals surface area (Å²) in [6.07, 6.45) is 3.87. The van der Waals surface area contributed by atoms with Crippen molar-refractivity contribution < 1.29 is 9.00 Å². The molecule has 3 aromatic rings. The Morgan fingerprint density at radius 2 is 1.78 bits per heavy atom. The highest BCUT2D eigenvalue weighted by Gasteiger charge is 2.37. The number of carbonyl (C=O) groups is 1. The fourth-order valence-corrected chi connectivity index (χ4v) is 5.54. The molecule has 2 fully saturated rings. The summed E-state index contributed by atoms with van der Waals surface area (Å²) in [6.45, 7) is 2.86.